The van der Waals surface area contributed by atoms with E-state index in [9.17, 15) is 0 Å². The zero-order chi connectivity index (χ0) is 13.8. The van der Waals surface area contributed by atoms with E-state index >= 15 is 0 Å². The lowest BCUT2D eigenvalue weighted by Gasteiger charge is -2.06. The third-order valence-electron chi connectivity index (χ3n) is 2.55. The standard InChI is InChI=1S/C14H10ClN3O2/c15-9-12-17-13(18-20-12)11-7-4-8-16-14(11)19-10-5-2-1-3-6-10/h1-8H,9H2. The first-order valence-corrected chi connectivity index (χ1v) is 6.47. The van der Waals surface area contributed by atoms with E-state index in [2.05, 4.69) is 15.1 Å². The molecule has 0 aliphatic rings. The van der Waals surface area contributed by atoms with Crippen LogP contribution >= 0.6 is 11.6 Å². The Kier molecular flexibility index (Phi) is 3.60. The van der Waals surface area contributed by atoms with Gasteiger partial charge in [-0.3, -0.25) is 0 Å². The van der Waals surface area contributed by atoms with Crippen molar-refractivity contribution in [1.29, 1.82) is 0 Å². The fourth-order valence-electron chi connectivity index (χ4n) is 1.66. The summed E-state index contributed by atoms with van der Waals surface area (Å²) < 4.78 is 10.7. The summed E-state index contributed by atoms with van der Waals surface area (Å²) in [5.41, 5.74) is 0.650. The van der Waals surface area contributed by atoms with Crippen molar-refractivity contribution in [3.05, 3.63) is 54.6 Å². The van der Waals surface area contributed by atoms with Gasteiger partial charge in [-0.05, 0) is 24.3 Å². The third-order valence-corrected chi connectivity index (χ3v) is 2.78. The molecule has 0 spiro atoms. The molecule has 0 aliphatic heterocycles. The molecule has 0 amide bonds. The van der Waals surface area contributed by atoms with E-state index in [1.54, 1.807) is 12.3 Å². The van der Waals surface area contributed by atoms with Crippen LogP contribution < -0.4 is 4.74 Å². The average molecular weight is 288 g/mol. The highest BCUT2D eigenvalue weighted by molar-refractivity contribution is 6.16. The lowest BCUT2D eigenvalue weighted by molar-refractivity contribution is 0.390. The summed E-state index contributed by atoms with van der Waals surface area (Å²) in [6.07, 6.45) is 1.64. The van der Waals surface area contributed by atoms with Gasteiger partial charge in [0.15, 0.2) is 0 Å². The van der Waals surface area contributed by atoms with Crippen LogP contribution in [0.2, 0.25) is 0 Å². The monoisotopic (exact) mass is 287 g/mol. The van der Waals surface area contributed by atoms with Crippen LogP contribution in [-0.4, -0.2) is 15.1 Å². The van der Waals surface area contributed by atoms with Gasteiger partial charge in [0.2, 0.25) is 17.6 Å². The minimum absolute atomic E-state index is 0.169. The van der Waals surface area contributed by atoms with Crippen LogP contribution in [0, 0.1) is 0 Å². The number of para-hydroxylation sites is 1. The van der Waals surface area contributed by atoms with Gasteiger partial charge in [0.25, 0.3) is 0 Å². The van der Waals surface area contributed by atoms with Crippen molar-refractivity contribution in [1.82, 2.24) is 15.1 Å². The molecule has 1 aromatic carbocycles. The second-order valence-electron chi connectivity index (χ2n) is 3.92. The Hall–Kier alpha value is -2.40. The molecule has 3 aromatic rings. The summed E-state index contributed by atoms with van der Waals surface area (Å²) in [6, 6.07) is 13.0. The second kappa shape index (κ2) is 5.71. The zero-order valence-corrected chi connectivity index (χ0v) is 11.1. The van der Waals surface area contributed by atoms with Gasteiger partial charge in [0, 0.05) is 6.20 Å². The predicted octanol–water partition coefficient (Wildman–Crippen LogP) is 3.66. The van der Waals surface area contributed by atoms with Gasteiger partial charge in [0.1, 0.15) is 11.6 Å². The number of hydrogen-bond donors (Lipinski definition) is 0. The maximum absolute atomic E-state index is 5.74. The summed E-state index contributed by atoms with van der Waals surface area (Å²) >= 11 is 5.65. The molecule has 100 valence electrons. The molecule has 20 heavy (non-hydrogen) atoms. The zero-order valence-electron chi connectivity index (χ0n) is 10.4. The van der Waals surface area contributed by atoms with Crippen LogP contribution in [0.1, 0.15) is 5.89 Å². The minimum atomic E-state index is 0.169. The van der Waals surface area contributed by atoms with Crippen LogP contribution in [0.25, 0.3) is 11.4 Å². The number of nitrogens with zero attached hydrogens (tertiary/aromatic N) is 3. The molecule has 2 heterocycles. The Morgan fingerprint density at radius 1 is 1.10 bits per heavy atom. The number of halogens is 1. The van der Waals surface area contributed by atoms with Crippen LogP contribution in [0.15, 0.2) is 53.2 Å². The minimum Gasteiger partial charge on any atom is -0.438 e. The van der Waals surface area contributed by atoms with Crippen LogP contribution in [0.5, 0.6) is 11.6 Å². The molecule has 0 aliphatic carbocycles. The van der Waals surface area contributed by atoms with Crippen molar-refractivity contribution in [3.63, 3.8) is 0 Å². The van der Waals surface area contributed by atoms with Crippen LogP contribution in [-0.2, 0) is 5.88 Å². The van der Waals surface area contributed by atoms with Gasteiger partial charge in [-0.25, -0.2) is 4.98 Å². The Morgan fingerprint density at radius 3 is 2.70 bits per heavy atom. The van der Waals surface area contributed by atoms with Crippen molar-refractivity contribution in [2.45, 2.75) is 5.88 Å². The molecule has 0 radical (unpaired) electrons. The Labute approximate surface area is 120 Å². The summed E-state index contributed by atoms with van der Waals surface area (Å²) in [5, 5.41) is 3.87. The molecule has 5 nitrogen and oxygen atoms in total. The highest BCUT2D eigenvalue weighted by atomic mass is 35.5. The molecule has 0 unspecified atom stereocenters. The third kappa shape index (κ3) is 2.62. The normalized spacial score (nSPS) is 10.4. The highest BCUT2D eigenvalue weighted by Crippen LogP contribution is 2.29. The lowest BCUT2D eigenvalue weighted by Crippen LogP contribution is -1.92. The first-order valence-electron chi connectivity index (χ1n) is 5.93. The van der Waals surface area contributed by atoms with Crippen molar-refractivity contribution in [3.8, 4) is 23.0 Å². The van der Waals surface area contributed by atoms with E-state index in [0.717, 1.165) is 0 Å². The van der Waals surface area contributed by atoms with Gasteiger partial charge < -0.3 is 9.26 Å². The Morgan fingerprint density at radius 2 is 1.95 bits per heavy atom. The number of ether oxygens (including phenoxy) is 1. The van der Waals surface area contributed by atoms with E-state index in [1.165, 1.54) is 0 Å². The highest BCUT2D eigenvalue weighted by Gasteiger charge is 2.14. The van der Waals surface area contributed by atoms with Gasteiger partial charge >= 0.3 is 0 Å². The molecule has 0 N–H and O–H groups in total. The van der Waals surface area contributed by atoms with E-state index in [1.807, 2.05) is 36.4 Å². The summed E-state index contributed by atoms with van der Waals surface area (Å²) in [7, 11) is 0. The molecule has 0 bridgehead atoms. The molecule has 6 heteroatoms. The quantitative estimate of drug-likeness (QED) is 0.685. The average Bonchev–Trinajstić information content (AvgIpc) is 2.98. The van der Waals surface area contributed by atoms with E-state index in [-0.39, 0.29) is 5.88 Å². The Balaban J connectivity index is 1.96. The topological polar surface area (TPSA) is 61.0 Å². The largest absolute Gasteiger partial charge is 0.438 e. The van der Waals surface area contributed by atoms with Gasteiger partial charge in [-0.1, -0.05) is 23.4 Å². The summed E-state index contributed by atoms with van der Waals surface area (Å²) in [4.78, 5) is 8.38. The van der Waals surface area contributed by atoms with Crippen molar-refractivity contribution >= 4 is 11.6 Å². The number of aromatic nitrogens is 3. The SMILES string of the molecule is ClCc1nc(-c2cccnc2Oc2ccccc2)no1. The molecule has 0 fully saturated rings. The molecular weight excluding hydrogens is 278 g/mol. The van der Waals surface area contributed by atoms with E-state index in [0.29, 0.717) is 28.9 Å². The summed E-state index contributed by atoms with van der Waals surface area (Å²) in [6.45, 7) is 0. The molecule has 0 saturated heterocycles. The molecule has 0 saturated carbocycles. The van der Waals surface area contributed by atoms with Crippen molar-refractivity contribution in [2.24, 2.45) is 0 Å². The first kappa shape index (κ1) is 12.6. The number of alkyl halides is 1. The van der Waals surface area contributed by atoms with E-state index in [4.69, 9.17) is 20.9 Å². The molecule has 2 aromatic heterocycles. The van der Waals surface area contributed by atoms with Crippen molar-refractivity contribution in [2.75, 3.05) is 0 Å². The number of benzene rings is 1. The number of rotatable bonds is 4. The lowest BCUT2D eigenvalue weighted by atomic mass is 10.2. The Bertz CT molecular complexity index is 700. The molecular formula is C14H10ClN3O2. The van der Waals surface area contributed by atoms with Crippen LogP contribution in [0.4, 0.5) is 0 Å². The van der Waals surface area contributed by atoms with E-state index < -0.39 is 0 Å². The van der Waals surface area contributed by atoms with Crippen molar-refractivity contribution < 1.29 is 9.26 Å². The van der Waals surface area contributed by atoms with Gasteiger partial charge in [-0.2, -0.15) is 4.98 Å². The first-order chi connectivity index (χ1) is 9.86. The maximum atomic E-state index is 5.74. The second-order valence-corrected chi connectivity index (χ2v) is 4.18. The fourth-order valence-corrected chi connectivity index (χ4v) is 1.77. The number of hydrogen-bond acceptors (Lipinski definition) is 5. The van der Waals surface area contributed by atoms with Gasteiger partial charge in [-0.15, -0.1) is 11.6 Å². The van der Waals surface area contributed by atoms with Gasteiger partial charge in [0.05, 0.1) is 5.56 Å². The summed E-state index contributed by atoms with van der Waals surface area (Å²) in [5.74, 6) is 2.03. The molecule has 0 atom stereocenters. The smallest absolute Gasteiger partial charge is 0.241 e. The molecule has 3 rings (SSSR count). The van der Waals surface area contributed by atoms with Crippen LogP contribution in [0.3, 0.4) is 0 Å². The predicted molar refractivity (Wildman–Crippen MR) is 73.6 cm³/mol. The fraction of sp³-hybridized carbons (Fsp3) is 0.0714. The number of pyridine rings is 1. The maximum Gasteiger partial charge on any atom is 0.241 e.